The molecule has 0 radical (unpaired) electrons. The molecule has 0 heterocycles. The maximum Gasteiger partial charge on any atom is 0.273 e. The molecule has 0 unspecified atom stereocenters. The maximum atomic E-state index is 12.8. The summed E-state index contributed by atoms with van der Waals surface area (Å²) in [4.78, 5) is 25.3. The normalized spacial score (nSPS) is 10.9. The van der Waals surface area contributed by atoms with E-state index in [1.165, 1.54) is 10.8 Å². The highest BCUT2D eigenvalue weighted by molar-refractivity contribution is 6.30. The molecule has 5 aromatic rings. The van der Waals surface area contributed by atoms with Gasteiger partial charge in [-0.3, -0.25) is 9.59 Å². The monoisotopic (exact) mass is 547 g/mol. The second kappa shape index (κ2) is 12.7. The number of ether oxygens (including phenoxy) is 1. The number of benzene rings is 5. The van der Waals surface area contributed by atoms with Crippen LogP contribution in [-0.4, -0.2) is 18.0 Å². The molecule has 198 valence electrons. The van der Waals surface area contributed by atoms with E-state index < -0.39 is 5.91 Å². The summed E-state index contributed by atoms with van der Waals surface area (Å²) in [6, 6.07) is 35.7. The number of carbonyl (C=O) groups excluding carboxylic acids is 2. The van der Waals surface area contributed by atoms with Gasteiger partial charge in [-0.15, -0.1) is 0 Å². The van der Waals surface area contributed by atoms with Crippen LogP contribution in [0, 0.1) is 0 Å². The van der Waals surface area contributed by atoms with Crippen LogP contribution in [-0.2, 0) is 17.8 Å². The molecule has 2 N–H and O–H groups in total. The minimum absolute atomic E-state index is 0.160. The van der Waals surface area contributed by atoms with Gasteiger partial charge in [0.15, 0.2) is 0 Å². The van der Waals surface area contributed by atoms with Crippen LogP contribution in [0.1, 0.15) is 27.0 Å². The number of para-hydroxylation sites is 1. The Hall–Kier alpha value is -4.94. The molecule has 6 nitrogen and oxygen atoms in total. The lowest BCUT2D eigenvalue weighted by molar-refractivity contribution is -0.115. The summed E-state index contributed by atoms with van der Waals surface area (Å²) in [7, 11) is 0. The first kappa shape index (κ1) is 26.7. The van der Waals surface area contributed by atoms with E-state index in [1.54, 1.807) is 54.7 Å². The van der Waals surface area contributed by atoms with Gasteiger partial charge < -0.3 is 10.1 Å². The molecular formula is C33H26ClN3O3. The number of fused-ring (bicyclic) bond motifs is 1. The van der Waals surface area contributed by atoms with Crippen molar-refractivity contribution in [3.8, 4) is 5.75 Å². The SMILES string of the molecule is O=C(Cc1ccc(Cl)cc1)Nc1ccccc1C(=O)N/N=C\c1ccc(OCc2cccc3ccccc23)cc1. The summed E-state index contributed by atoms with van der Waals surface area (Å²) in [6.07, 6.45) is 1.71. The van der Waals surface area contributed by atoms with Crippen LogP contribution in [0.4, 0.5) is 5.69 Å². The lowest BCUT2D eigenvalue weighted by Crippen LogP contribution is -2.22. The molecule has 5 aromatic carbocycles. The van der Waals surface area contributed by atoms with Crippen molar-refractivity contribution in [1.82, 2.24) is 5.43 Å². The molecule has 0 saturated heterocycles. The molecule has 0 spiro atoms. The first-order chi connectivity index (χ1) is 19.5. The molecule has 0 aliphatic carbocycles. The van der Waals surface area contributed by atoms with Crippen LogP contribution in [0.15, 0.2) is 120 Å². The van der Waals surface area contributed by atoms with Gasteiger partial charge in [-0.2, -0.15) is 5.10 Å². The summed E-state index contributed by atoms with van der Waals surface area (Å²) in [5.41, 5.74) is 5.97. The average Bonchev–Trinajstić information content (AvgIpc) is 2.98. The lowest BCUT2D eigenvalue weighted by atomic mass is 10.1. The third kappa shape index (κ3) is 6.92. The van der Waals surface area contributed by atoms with Gasteiger partial charge in [0.25, 0.3) is 5.91 Å². The number of nitrogens with one attached hydrogen (secondary N) is 2. The minimum Gasteiger partial charge on any atom is -0.489 e. The molecular weight excluding hydrogens is 522 g/mol. The second-order valence-corrected chi connectivity index (χ2v) is 9.53. The zero-order chi connectivity index (χ0) is 27.7. The topological polar surface area (TPSA) is 79.8 Å². The molecule has 5 rings (SSSR count). The van der Waals surface area contributed by atoms with E-state index in [1.807, 2.05) is 42.5 Å². The predicted octanol–water partition coefficient (Wildman–Crippen LogP) is 7.02. The zero-order valence-corrected chi connectivity index (χ0v) is 22.3. The highest BCUT2D eigenvalue weighted by Gasteiger charge is 2.13. The van der Waals surface area contributed by atoms with Gasteiger partial charge >= 0.3 is 0 Å². The van der Waals surface area contributed by atoms with E-state index in [0.29, 0.717) is 22.9 Å². The Balaban J connectivity index is 1.15. The van der Waals surface area contributed by atoms with Gasteiger partial charge in [-0.05, 0) is 76.0 Å². The fourth-order valence-electron chi connectivity index (χ4n) is 4.23. The van der Waals surface area contributed by atoms with Crippen molar-refractivity contribution < 1.29 is 14.3 Å². The molecule has 0 bridgehead atoms. The lowest BCUT2D eigenvalue weighted by Gasteiger charge is -2.10. The Morgan fingerprint density at radius 1 is 0.800 bits per heavy atom. The Kier molecular flexibility index (Phi) is 8.49. The van der Waals surface area contributed by atoms with Crippen LogP contribution < -0.4 is 15.5 Å². The van der Waals surface area contributed by atoms with Crippen LogP contribution in [0.5, 0.6) is 5.75 Å². The third-order valence-corrected chi connectivity index (χ3v) is 6.51. The first-order valence-electron chi connectivity index (χ1n) is 12.7. The van der Waals surface area contributed by atoms with Crippen molar-refractivity contribution in [2.24, 2.45) is 5.10 Å². The van der Waals surface area contributed by atoms with E-state index in [0.717, 1.165) is 22.4 Å². The Labute approximate surface area is 237 Å². The number of hydrazone groups is 1. The Morgan fingerprint density at radius 2 is 1.52 bits per heavy atom. The number of nitrogens with zero attached hydrogens (tertiary/aromatic N) is 1. The zero-order valence-electron chi connectivity index (χ0n) is 21.5. The molecule has 0 aliphatic heterocycles. The van der Waals surface area contributed by atoms with Gasteiger partial charge in [0.1, 0.15) is 12.4 Å². The molecule has 0 atom stereocenters. The maximum absolute atomic E-state index is 12.8. The number of anilines is 1. The third-order valence-electron chi connectivity index (χ3n) is 6.26. The van der Waals surface area contributed by atoms with Gasteiger partial charge in [0.2, 0.25) is 5.91 Å². The van der Waals surface area contributed by atoms with E-state index >= 15 is 0 Å². The van der Waals surface area contributed by atoms with Crippen molar-refractivity contribution in [1.29, 1.82) is 0 Å². The summed E-state index contributed by atoms with van der Waals surface area (Å²) in [5.74, 6) is 0.0555. The number of hydrogen-bond acceptors (Lipinski definition) is 4. The average molecular weight is 548 g/mol. The fraction of sp³-hybridized carbons (Fsp3) is 0.0606. The molecule has 0 aliphatic rings. The van der Waals surface area contributed by atoms with E-state index in [4.69, 9.17) is 16.3 Å². The van der Waals surface area contributed by atoms with Crippen molar-refractivity contribution >= 4 is 46.1 Å². The summed E-state index contributed by atoms with van der Waals surface area (Å²) in [5, 5.41) is 9.84. The molecule has 40 heavy (non-hydrogen) atoms. The van der Waals surface area contributed by atoms with Gasteiger partial charge in [-0.1, -0.05) is 78.3 Å². The van der Waals surface area contributed by atoms with Crippen molar-refractivity contribution in [3.63, 3.8) is 0 Å². The first-order valence-corrected chi connectivity index (χ1v) is 13.1. The van der Waals surface area contributed by atoms with Crippen LogP contribution in [0.2, 0.25) is 5.02 Å². The number of halogens is 1. The highest BCUT2D eigenvalue weighted by atomic mass is 35.5. The Bertz CT molecular complexity index is 1660. The predicted molar refractivity (Wildman–Crippen MR) is 160 cm³/mol. The molecule has 0 saturated carbocycles. The van der Waals surface area contributed by atoms with Crippen molar-refractivity contribution in [2.45, 2.75) is 13.0 Å². The highest BCUT2D eigenvalue weighted by Crippen LogP contribution is 2.21. The summed E-state index contributed by atoms with van der Waals surface area (Å²) < 4.78 is 5.99. The molecule has 2 amide bonds. The van der Waals surface area contributed by atoms with Crippen LogP contribution in [0.25, 0.3) is 10.8 Å². The Morgan fingerprint density at radius 3 is 2.35 bits per heavy atom. The van der Waals surface area contributed by atoms with Crippen LogP contribution in [0.3, 0.4) is 0 Å². The molecule has 0 aromatic heterocycles. The summed E-state index contributed by atoms with van der Waals surface area (Å²) in [6.45, 7) is 0.459. The smallest absolute Gasteiger partial charge is 0.273 e. The fourth-order valence-corrected chi connectivity index (χ4v) is 4.35. The number of carbonyl (C=O) groups is 2. The molecule has 0 fully saturated rings. The van der Waals surface area contributed by atoms with Crippen molar-refractivity contribution in [3.05, 3.63) is 143 Å². The quantitative estimate of drug-likeness (QED) is 0.154. The number of amides is 2. The minimum atomic E-state index is -0.436. The molecule has 7 heteroatoms. The second-order valence-electron chi connectivity index (χ2n) is 9.09. The van der Waals surface area contributed by atoms with Gasteiger partial charge in [0, 0.05) is 5.02 Å². The standard InChI is InChI=1S/C33H26ClN3O3/c34-27-16-12-23(13-17-27)20-32(38)36-31-11-4-3-10-30(31)33(39)37-35-21-24-14-18-28(19-15-24)40-22-26-8-5-7-25-6-1-2-9-29(25)26/h1-19,21H,20,22H2,(H,36,38)(H,37,39)/b35-21-. The van der Waals surface area contributed by atoms with E-state index in [-0.39, 0.29) is 12.3 Å². The summed E-state index contributed by atoms with van der Waals surface area (Å²) >= 11 is 5.91. The van der Waals surface area contributed by atoms with Crippen molar-refractivity contribution in [2.75, 3.05) is 5.32 Å². The van der Waals surface area contributed by atoms with Crippen LogP contribution >= 0.6 is 11.6 Å². The number of rotatable bonds is 9. The van der Waals surface area contributed by atoms with Gasteiger partial charge in [-0.25, -0.2) is 5.43 Å². The largest absolute Gasteiger partial charge is 0.489 e. The van der Waals surface area contributed by atoms with E-state index in [9.17, 15) is 9.59 Å². The number of hydrogen-bond donors (Lipinski definition) is 2. The van der Waals surface area contributed by atoms with E-state index in [2.05, 4.69) is 40.1 Å². The van der Waals surface area contributed by atoms with Gasteiger partial charge in [0.05, 0.1) is 23.9 Å².